The van der Waals surface area contributed by atoms with Crippen LogP contribution in [0.4, 0.5) is 0 Å². The van der Waals surface area contributed by atoms with E-state index in [4.69, 9.17) is 5.11 Å². The molecule has 0 saturated carbocycles. The highest BCUT2D eigenvalue weighted by Gasteiger charge is 2.03. The Hall–Kier alpha value is -0.570. The number of carbonyl (C=O) groups is 1. The highest BCUT2D eigenvalue weighted by atomic mass is 16.4. The van der Waals surface area contributed by atoms with Crippen molar-refractivity contribution < 1.29 is 9.90 Å². The standard InChI is InChI=1S/C13H27NO2/c1-3-5-6-7-8-11-14(4-2)12-9-10-13(15)16/h3-12H2,1-2H3,(H,15,16). The molecule has 0 aromatic heterocycles. The maximum atomic E-state index is 10.4. The molecule has 0 aliphatic rings. The van der Waals surface area contributed by atoms with Crippen LogP contribution in [-0.4, -0.2) is 35.6 Å². The van der Waals surface area contributed by atoms with Crippen molar-refractivity contribution >= 4 is 5.97 Å². The van der Waals surface area contributed by atoms with Gasteiger partial charge in [0.2, 0.25) is 0 Å². The Labute approximate surface area is 99.8 Å². The van der Waals surface area contributed by atoms with Crippen molar-refractivity contribution in [2.75, 3.05) is 19.6 Å². The molecule has 0 rings (SSSR count). The lowest BCUT2D eigenvalue weighted by Crippen LogP contribution is -2.26. The summed E-state index contributed by atoms with van der Waals surface area (Å²) >= 11 is 0. The summed E-state index contributed by atoms with van der Waals surface area (Å²) in [5.74, 6) is -0.681. The van der Waals surface area contributed by atoms with Crippen molar-refractivity contribution in [2.24, 2.45) is 0 Å². The summed E-state index contributed by atoms with van der Waals surface area (Å²) in [4.78, 5) is 12.7. The first-order chi connectivity index (χ1) is 7.70. The number of hydrogen-bond acceptors (Lipinski definition) is 2. The Morgan fingerprint density at radius 3 is 2.19 bits per heavy atom. The van der Waals surface area contributed by atoms with Crippen LogP contribution >= 0.6 is 0 Å². The monoisotopic (exact) mass is 229 g/mol. The van der Waals surface area contributed by atoms with Gasteiger partial charge in [-0.3, -0.25) is 4.79 Å². The van der Waals surface area contributed by atoms with Crippen LogP contribution in [-0.2, 0) is 4.79 Å². The molecule has 0 atom stereocenters. The zero-order valence-electron chi connectivity index (χ0n) is 10.9. The molecule has 0 radical (unpaired) electrons. The van der Waals surface area contributed by atoms with Gasteiger partial charge in [-0.05, 0) is 32.5 Å². The molecule has 0 unspecified atom stereocenters. The van der Waals surface area contributed by atoms with E-state index >= 15 is 0 Å². The number of hydrogen-bond donors (Lipinski definition) is 1. The largest absolute Gasteiger partial charge is 0.481 e. The van der Waals surface area contributed by atoms with Gasteiger partial charge in [0, 0.05) is 6.42 Å². The Bertz CT molecular complexity index is 171. The first-order valence-corrected chi connectivity index (χ1v) is 6.64. The Balaban J connectivity index is 3.40. The number of rotatable bonds is 11. The first kappa shape index (κ1) is 15.4. The van der Waals surface area contributed by atoms with Gasteiger partial charge in [-0.15, -0.1) is 0 Å². The highest BCUT2D eigenvalue weighted by molar-refractivity contribution is 5.66. The van der Waals surface area contributed by atoms with Gasteiger partial charge in [-0.1, -0.05) is 39.5 Å². The lowest BCUT2D eigenvalue weighted by Gasteiger charge is -2.19. The van der Waals surface area contributed by atoms with E-state index in [-0.39, 0.29) is 0 Å². The van der Waals surface area contributed by atoms with Gasteiger partial charge < -0.3 is 10.0 Å². The lowest BCUT2D eigenvalue weighted by molar-refractivity contribution is -0.137. The van der Waals surface area contributed by atoms with E-state index in [9.17, 15) is 4.79 Å². The minimum atomic E-state index is -0.681. The fraction of sp³-hybridized carbons (Fsp3) is 0.923. The van der Waals surface area contributed by atoms with Crippen molar-refractivity contribution in [1.82, 2.24) is 4.90 Å². The van der Waals surface area contributed by atoms with E-state index in [0.29, 0.717) is 6.42 Å². The SMILES string of the molecule is CCCCCCCN(CC)CCCC(=O)O. The van der Waals surface area contributed by atoms with Crippen LogP contribution in [0.25, 0.3) is 0 Å². The van der Waals surface area contributed by atoms with Crippen LogP contribution in [0.15, 0.2) is 0 Å². The topological polar surface area (TPSA) is 40.5 Å². The minimum absolute atomic E-state index is 0.298. The van der Waals surface area contributed by atoms with E-state index in [1.807, 2.05) is 0 Å². The second-order valence-electron chi connectivity index (χ2n) is 4.35. The molecular weight excluding hydrogens is 202 g/mol. The number of unbranched alkanes of at least 4 members (excludes halogenated alkanes) is 4. The van der Waals surface area contributed by atoms with Gasteiger partial charge >= 0.3 is 5.97 Å². The molecule has 0 spiro atoms. The molecule has 3 nitrogen and oxygen atoms in total. The normalized spacial score (nSPS) is 10.9. The Morgan fingerprint density at radius 1 is 1.00 bits per heavy atom. The molecular formula is C13H27NO2. The molecule has 0 fully saturated rings. The third-order valence-corrected chi connectivity index (χ3v) is 2.89. The van der Waals surface area contributed by atoms with E-state index < -0.39 is 5.97 Å². The second kappa shape index (κ2) is 10.9. The maximum Gasteiger partial charge on any atom is 0.303 e. The molecule has 1 N–H and O–H groups in total. The van der Waals surface area contributed by atoms with Gasteiger partial charge in [0.25, 0.3) is 0 Å². The van der Waals surface area contributed by atoms with Crippen LogP contribution in [0.3, 0.4) is 0 Å². The number of carboxylic acid groups (broad SMARTS) is 1. The van der Waals surface area contributed by atoms with Gasteiger partial charge in [-0.2, -0.15) is 0 Å². The summed E-state index contributed by atoms with van der Waals surface area (Å²) in [5, 5.41) is 8.55. The van der Waals surface area contributed by atoms with Crippen molar-refractivity contribution in [2.45, 2.75) is 58.8 Å². The molecule has 0 aliphatic heterocycles. The predicted octanol–water partition coefficient (Wildman–Crippen LogP) is 3.14. The summed E-state index contributed by atoms with van der Waals surface area (Å²) in [6.45, 7) is 7.46. The molecule has 0 aromatic rings. The third-order valence-electron chi connectivity index (χ3n) is 2.89. The zero-order valence-corrected chi connectivity index (χ0v) is 10.9. The van der Waals surface area contributed by atoms with Gasteiger partial charge in [0.15, 0.2) is 0 Å². The van der Waals surface area contributed by atoms with Gasteiger partial charge in [-0.25, -0.2) is 0 Å². The Kier molecular flexibility index (Phi) is 10.5. The van der Waals surface area contributed by atoms with Gasteiger partial charge in [0.1, 0.15) is 0 Å². The fourth-order valence-electron chi connectivity index (χ4n) is 1.82. The van der Waals surface area contributed by atoms with Crippen LogP contribution < -0.4 is 0 Å². The molecule has 96 valence electrons. The van der Waals surface area contributed by atoms with Crippen LogP contribution in [0.5, 0.6) is 0 Å². The average Bonchev–Trinajstić information content (AvgIpc) is 2.26. The maximum absolute atomic E-state index is 10.4. The average molecular weight is 229 g/mol. The summed E-state index contributed by atoms with van der Waals surface area (Å²) in [7, 11) is 0. The molecule has 16 heavy (non-hydrogen) atoms. The van der Waals surface area contributed by atoms with E-state index in [0.717, 1.165) is 26.1 Å². The third kappa shape index (κ3) is 9.97. The summed E-state index contributed by atoms with van der Waals surface area (Å²) in [6.07, 6.45) is 7.60. The lowest BCUT2D eigenvalue weighted by atomic mass is 10.1. The van der Waals surface area contributed by atoms with Crippen LogP contribution in [0.1, 0.15) is 58.8 Å². The molecule has 0 heterocycles. The van der Waals surface area contributed by atoms with Crippen molar-refractivity contribution in [3.05, 3.63) is 0 Å². The van der Waals surface area contributed by atoms with E-state index in [1.165, 1.54) is 32.1 Å². The quantitative estimate of drug-likeness (QED) is 0.553. The second-order valence-corrected chi connectivity index (χ2v) is 4.35. The summed E-state index contributed by atoms with van der Waals surface area (Å²) in [6, 6.07) is 0. The van der Waals surface area contributed by atoms with Gasteiger partial charge in [0.05, 0.1) is 0 Å². The summed E-state index contributed by atoms with van der Waals surface area (Å²) in [5.41, 5.74) is 0. The fourth-order valence-corrected chi connectivity index (χ4v) is 1.82. The first-order valence-electron chi connectivity index (χ1n) is 6.64. The van der Waals surface area contributed by atoms with E-state index in [1.54, 1.807) is 0 Å². The molecule has 0 aromatic carbocycles. The van der Waals surface area contributed by atoms with Crippen LogP contribution in [0.2, 0.25) is 0 Å². The number of aliphatic carboxylic acids is 1. The zero-order chi connectivity index (χ0) is 12.2. The molecule has 0 aliphatic carbocycles. The van der Waals surface area contributed by atoms with Crippen molar-refractivity contribution in [1.29, 1.82) is 0 Å². The van der Waals surface area contributed by atoms with E-state index in [2.05, 4.69) is 18.7 Å². The molecule has 0 saturated heterocycles. The minimum Gasteiger partial charge on any atom is -0.481 e. The molecule has 0 amide bonds. The van der Waals surface area contributed by atoms with Crippen LogP contribution in [0, 0.1) is 0 Å². The number of carboxylic acids is 1. The number of nitrogens with zero attached hydrogens (tertiary/aromatic N) is 1. The summed E-state index contributed by atoms with van der Waals surface area (Å²) < 4.78 is 0. The smallest absolute Gasteiger partial charge is 0.303 e. The highest BCUT2D eigenvalue weighted by Crippen LogP contribution is 2.04. The molecule has 3 heteroatoms. The predicted molar refractivity (Wildman–Crippen MR) is 67.7 cm³/mol. The Morgan fingerprint density at radius 2 is 1.62 bits per heavy atom. The van der Waals surface area contributed by atoms with Crippen molar-refractivity contribution in [3.8, 4) is 0 Å². The molecule has 0 bridgehead atoms. The van der Waals surface area contributed by atoms with Crippen molar-refractivity contribution in [3.63, 3.8) is 0 Å².